The van der Waals surface area contributed by atoms with Gasteiger partial charge >= 0.3 is 35.8 Å². The van der Waals surface area contributed by atoms with Crippen molar-refractivity contribution in [2.24, 2.45) is 5.73 Å². The number of benzene rings is 4. The molecule has 15 aromatic rings. The van der Waals surface area contributed by atoms with Crippen molar-refractivity contribution in [1.29, 1.82) is 0 Å². The average Bonchev–Trinajstić information content (AvgIpc) is 1.57. The minimum Gasteiger partial charge on any atom is -0.477 e. The molecule has 137 heavy (non-hydrogen) atoms. The number of nitrogens with two attached hydrogens (primary N) is 1. The Balaban J connectivity index is 0.000000390. The molecule has 0 radical (unpaired) electrons. The molecule has 0 unspecified atom stereocenters. The molecule has 0 atom stereocenters. The van der Waals surface area contributed by atoms with Gasteiger partial charge in [-0.15, -0.1) is 79.4 Å². The molecule has 0 bridgehead atoms. The fourth-order valence-corrected chi connectivity index (χ4v) is 19.4. The minimum absolute atomic E-state index is 0.0144. The number of aromatic nitrogens is 4. The number of amides is 1. The number of halogens is 8. The molecule has 11 N–H and O–H groups in total. The highest BCUT2D eigenvalue weighted by Gasteiger charge is 2.18. The maximum atomic E-state index is 11.8. The number of carboxylic acids is 1. The Morgan fingerprint density at radius 3 is 1.24 bits per heavy atom. The fourth-order valence-electron chi connectivity index (χ4n) is 11.8. The highest BCUT2D eigenvalue weighted by molar-refractivity contribution is 14.1. The van der Waals surface area contributed by atoms with Gasteiger partial charge in [-0.2, -0.15) is 8.42 Å². The molecule has 0 aliphatic heterocycles. The summed E-state index contributed by atoms with van der Waals surface area (Å²) in [6.45, 7) is 37.5. The van der Waals surface area contributed by atoms with Crippen LogP contribution in [0.15, 0.2) is 189 Å². The van der Waals surface area contributed by atoms with Crippen molar-refractivity contribution in [3.63, 3.8) is 0 Å². The molecule has 0 saturated carbocycles. The second-order valence-electron chi connectivity index (χ2n) is 28.9. The second-order valence-corrected chi connectivity index (χ2v) is 47.9. The average molecular weight is 2320 g/mol. The van der Waals surface area contributed by atoms with Crippen molar-refractivity contribution >= 4 is 288 Å². The summed E-state index contributed by atoms with van der Waals surface area (Å²) in [5.74, 6) is -0.916. The Labute approximate surface area is 876 Å². The first-order valence-corrected chi connectivity index (χ1v) is 57.5. The molecule has 11 heterocycles. The van der Waals surface area contributed by atoms with E-state index >= 15 is 0 Å². The smallest absolute Gasteiger partial charge is 0.477 e. The lowest BCUT2D eigenvalue weighted by Gasteiger charge is -2.17. The van der Waals surface area contributed by atoms with Crippen molar-refractivity contribution < 1.29 is 84.8 Å². The van der Waals surface area contributed by atoms with Gasteiger partial charge in [0.25, 0.3) is 16.7 Å². The number of rotatable bonds is 18. The normalized spacial score (nSPS) is 10.5. The van der Waals surface area contributed by atoms with Gasteiger partial charge in [-0.1, -0.05) is 106 Å². The van der Waals surface area contributed by atoms with Gasteiger partial charge in [0, 0.05) is 106 Å². The first-order chi connectivity index (χ1) is 64.3. The lowest BCUT2D eigenvalue weighted by molar-refractivity contribution is -0.131. The number of aromatic carboxylic acids is 1. The lowest BCUT2D eigenvalue weighted by atomic mass is 9.79. The van der Waals surface area contributed by atoms with E-state index in [1.54, 1.807) is 83.6 Å². The number of carboxylic acid groups (broad SMARTS) is 1. The topological polar surface area (TPSA) is 408 Å². The largest absolute Gasteiger partial charge is 0.488 e. The number of ether oxygens (including phenoxy) is 4. The Kier molecular flexibility index (Phi) is 59.2. The molecule has 0 saturated heterocycles. The molecule has 0 spiro atoms. The number of carbonyl (C=O) groups is 3. The van der Waals surface area contributed by atoms with E-state index in [1.807, 2.05) is 145 Å². The van der Waals surface area contributed by atoms with Crippen LogP contribution in [-0.4, -0.2) is 150 Å². The predicted molar refractivity (Wildman–Crippen MR) is 589 cm³/mol. The zero-order chi connectivity index (χ0) is 103. The van der Waals surface area contributed by atoms with Crippen LogP contribution >= 0.6 is 185 Å². The van der Waals surface area contributed by atoms with Crippen molar-refractivity contribution in [3.8, 4) is 22.5 Å². The van der Waals surface area contributed by atoms with E-state index < -0.39 is 45.0 Å². The molecular formula is C92H107B2Cl7IN6O19PS9. The van der Waals surface area contributed by atoms with Crippen LogP contribution < -0.4 is 27.5 Å². The van der Waals surface area contributed by atoms with Crippen LogP contribution in [0.3, 0.4) is 0 Å². The second kappa shape index (κ2) is 65.0. The van der Waals surface area contributed by atoms with E-state index in [0.29, 0.717) is 70.2 Å². The summed E-state index contributed by atoms with van der Waals surface area (Å²) in [7, 11) is -0.00327. The molecule has 1 amide bonds. The predicted octanol–water partition coefficient (Wildman–Crippen LogP) is 24.8. The highest BCUT2D eigenvalue weighted by Crippen LogP contribution is 2.61. The lowest BCUT2D eigenvalue weighted by Crippen LogP contribution is -2.35. The number of hydrogen-bond acceptors (Lipinski definition) is 27. The van der Waals surface area contributed by atoms with Crippen LogP contribution in [0.2, 0.25) is 5.15 Å². The number of aromatic amines is 1. The number of carbonyl (C=O) groups excluding carboxylic acids is 2. The van der Waals surface area contributed by atoms with Gasteiger partial charge in [0.15, 0.2) is 12.6 Å². The van der Waals surface area contributed by atoms with Crippen LogP contribution in [0.4, 0.5) is 0 Å². The summed E-state index contributed by atoms with van der Waals surface area (Å²) in [6, 6.07) is 40.9. The number of fused-ring (bicyclic) bond motifs is 4. The Morgan fingerprint density at radius 1 is 0.518 bits per heavy atom. The van der Waals surface area contributed by atoms with Crippen molar-refractivity contribution in [2.45, 2.75) is 130 Å². The summed E-state index contributed by atoms with van der Waals surface area (Å²) in [6.07, 6.45) is 6.68. The van der Waals surface area contributed by atoms with Crippen LogP contribution in [0.25, 0.3) is 62.9 Å². The van der Waals surface area contributed by atoms with Crippen LogP contribution in [0, 0.1) is 92.9 Å². The van der Waals surface area contributed by atoms with E-state index in [0.717, 1.165) is 54.0 Å². The summed E-state index contributed by atoms with van der Waals surface area (Å²) < 4.78 is 76.9. The summed E-state index contributed by atoms with van der Waals surface area (Å²) >= 11 is 38.2. The van der Waals surface area contributed by atoms with Crippen molar-refractivity contribution in [3.05, 3.63) is 290 Å². The molecule has 0 aliphatic rings. The molecule has 11 aromatic heterocycles. The van der Waals surface area contributed by atoms with Gasteiger partial charge in [-0.3, -0.25) is 38.0 Å². The van der Waals surface area contributed by atoms with E-state index in [4.69, 9.17) is 94.8 Å². The zero-order valence-corrected chi connectivity index (χ0v) is 93.2. The Bertz CT molecular complexity index is 6380. The zero-order valence-electron chi connectivity index (χ0n) is 77.5. The fraction of sp³-hybridized carbons (Fsp3) is 0.272. The maximum Gasteiger partial charge on any atom is 0.488 e. The monoisotopic (exact) mass is 2310 g/mol. The van der Waals surface area contributed by atoms with Gasteiger partial charge in [0.1, 0.15) is 10.0 Å². The first kappa shape index (κ1) is 125. The number of nitrogens with one attached hydrogen (secondary N) is 2. The summed E-state index contributed by atoms with van der Waals surface area (Å²) in [4.78, 5) is 61.2. The minimum atomic E-state index is -4.67. The molecule has 0 aliphatic carbocycles. The molecule has 15 rings (SSSR count). The van der Waals surface area contributed by atoms with Crippen LogP contribution in [0.5, 0.6) is 0 Å². The van der Waals surface area contributed by atoms with E-state index in [1.165, 1.54) is 129 Å². The highest BCUT2D eigenvalue weighted by atomic mass is 127. The number of hydrogen-bond donors (Lipinski definition) is 10. The van der Waals surface area contributed by atoms with Gasteiger partial charge in [-0.25, -0.2) is 14.0 Å². The third kappa shape index (κ3) is 49.4. The van der Waals surface area contributed by atoms with E-state index in [9.17, 15) is 23.7 Å². The van der Waals surface area contributed by atoms with Crippen molar-refractivity contribution in [2.75, 3.05) is 39.5 Å². The summed E-state index contributed by atoms with van der Waals surface area (Å²) in [5, 5.41) is 60.0. The van der Waals surface area contributed by atoms with Crippen LogP contribution in [-0.2, 0) is 43.1 Å². The number of thiophene rings is 7. The molecule has 740 valence electrons. The molecule has 4 aromatic carbocycles. The first-order valence-electron chi connectivity index (χ1n) is 40.9. The number of aryl methyl sites for hydroxylation is 13. The van der Waals surface area contributed by atoms with Crippen LogP contribution in [0.1, 0.15) is 129 Å². The maximum absolute atomic E-state index is 11.8. The van der Waals surface area contributed by atoms with Gasteiger partial charge in [0.05, 0.1) is 49.4 Å². The SMILES string of the molecule is CCOC(CN)OCC.CCOC(CNC(=O)c1cc(C)cs1)OCC.Cc1cc(C)cc(-c2nccc3c(C)c(I)sc23)c1.Cc1cc(C)cc(-c2nccc3c(C)csc23)c1.Cc1cc(C)cc(B(O)O)c1.Cc1csc(C(=O)Cl)c1.Cc1csc(C(=O)O)c1.Cc1csc2c(=O)[nH]ccc12.Cc1csc2c(Cl)nccc12.O=P(Cl)(Cl)Cl.O=S(=O)(O)O.O=S(Cl)Cl.OB(O)c1ccccc1. The third-order valence-electron chi connectivity index (χ3n) is 17.3. The number of pyridine rings is 4. The quantitative estimate of drug-likeness (QED) is 0.00725. The van der Waals surface area contributed by atoms with E-state index in [-0.39, 0.29) is 29.3 Å². The standard InChI is InChI=1S/C16H14INS.C16H15NS.C12H19NO3S.C8H11BO2.C8H6ClNS.C8H7NOS.C6H7BO2.C6H5ClOS.C6H15NO2.C6H6O2S.Cl3OP.Cl2OS.H2O4S/c1-9-6-10(2)8-12(7-9)14-15-13(4-5-18-14)11(3)16(17)19-15;1-10-6-11(2)8-13(7-10)15-16-14(4-5-17-15)12(3)9-18-16;1-4-15-11(16-5-2)7-13-12(14)10-6-9(3)8-17-10;1-6-3-7(2)5-8(4-6)9(10)11;1-5-4-11-7-6(5)2-3-10-8(7)9;1-5-4-11-7-6(5)2-3-9-8(7)10;8-7(9)6-4-2-1-3-5-6;1-4-2-5(6(7)8)9-3-4;1-3-8-6(5-7)9-4-2;1-4-2-5(6(7)8)9-3-4;1-5(2,3)4;1-4(2)3;1-5(2,3)4/h4-8H,1-3H3;4-9H,1-3H3;6,8,11H,4-5,7H2,1-3H3,(H,13,14);3-5,10-11H,1-2H3;2-4H,1H3;2-4H,1H3,(H,9,10);1-5,8-9H;2-3H,1H3;6H,3-5,7H2,1-2H3;2-3H,1H3,(H,7,8);;;(H2,1,2,3,4). The molecule has 0 fully saturated rings. The van der Waals surface area contributed by atoms with Crippen molar-refractivity contribution in [1.82, 2.24) is 25.3 Å². The summed E-state index contributed by atoms with van der Waals surface area (Å²) in [5.41, 5.74) is 26.7. The van der Waals surface area contributed by atoms with Gasteiger partial charge in [-0.05, 0) is 340 Å². The van der Waals surface area contributed by atoms with Gasteiger partial charge < -0.3 is 60.2 Å². The Hall–Kier alpha value is -6.39. The van der Waals surface area contributed by atoms with E-state index in [2.05, 4.69) is 211 Å². The molecule has 45 heteroatoms. The number of nitrogens with zero attached hydrogens (tertiary/aromatic N) is 3. The Morgan fingerprint density at radius 2 is 0.883 bits per heavy atom. The number of H-pyrrole nitrogens is 1. The molecular weight excluding hydrogens is 2210 g/mol. The molecule has 25 nitrogen and oxygen atoms in total. The van der Waals surface area contributed by atoms with Gasteiger partial charge in [0.2, 0.25) is 9.23 Å². The third-order valence-corrected chi connectivity index (χ3v) is 27.1.